The second-order valence-electron chi connectivity index (χ2n) is 8.13. The summed E-state index contributed by atoms with van der Waals surface area (Å²) in [6, 6.07) is 0.436. The first-order valence-electron chi connectivity index (χ1n) is 8.88. The number of aromatic nitrogens is 2. The normalized spacial score (nSPS) is 38.9. The Balaban J connectivity index is 1.57. The van der Waals surface area contributed by atoms with Crippen molar-refractivity contribution in [2.75, 3.05) is 6.54 Å². The van der Waals surface area contributed by atoms with Crippen molar-refractivity contribution in [2.45, 2.75) is 57.9 Å². The van der Waals surface area contributed by atoms with Crippen molar-refractivity contribution in [3.05, 3.63) is 18.2 Å². The van der Waals surface area contributed by atoms with Crippen LogP contribution >= 0.6 is 0 Å². The molecule has 5 rings (SSSR count). The molecule has 3 heteroatoms. The van der Waals surface area contributed by atoms with Crippen molar-refractivity contribution < 1.29 is 0 Å². The summed E-state index contributed by atoms with van der Waals surface area (Å²) in [6.45, 7) is 3.25. The van der Waals surface area contributed by atoms with E-state index in [0.717, 1.165) is 24.3 Å². The third-order valence-electron chi connectivity index (χ3n) is 6.42. The minimum absolute atomic E-state index is 0.436. The summed E-state index contributed by atoms with van der Waals surface area (Å²) in [5.41, 5.74) is 0.619. The van der Waals surface area contributed by atoms with Crippen molar-refractivity contribution in [2.24, 2.45) is 30.2 Å². The molecule has 0 aliphatic heterocycles. The number of nitrogens with zero attached hydrogens (tertiary/aromatic N) is 2. The number of imidazole rings is 1. The van der Waals surface area contributed by atoms with E-state index in [2.05, 4.69) is 35.0 Å². The average Bonchev–Trinajstić information content (AvgIpc) is 2.82. The summed E-state index contributed by atoms with van der Waals surface area (Å²) in [5.74, 6) is 4.35. The summed E-state index contributed by atoms with van der Waals surface area (Å²) < 4.78 is 2.20. The Morgan fingerprint density at radius 2 is 1.86 bits per heavy atom. The highest BCUT2D eigenvalue weighted by atomic mass is 15.1. The highest BCUT2D eigenvalue weighted by Crippen LogP contribution is 2.62. The van der Waals surface area contributed by atoms with Crippen LogP contribution in [-0.4, -0.2) is 16.1 Å². The van der Waals surface area contributed by atoms with Crippen LogP contribution in [0.4, 0.5) is 0 Å². The molecule has 1 heterocycles. The van der Waals surface area contributed by atoms with Gasteiger partial charge >= 0.3 is 0 Å². The van der Waals surface area contributed by atoms with E-state index in [4.69, 9.17) is 0 Å². The highest BCUT2D eigenvalue weighted by Gasteiger charge is 2.51. The van der Waals surface area contributed by atoms with Gasteiger partial charge in [0.2, 0.25) is 0 Å². The van der Waals surface area contributed by atoms with E-state index >= 15 is 0 Å². The quantitative estimate of drug-likeness (QED) is 0.895. The van der Waals surface area contributed by atoms with Crippen LogP contribution in [0.25, 0.3) is 0 Å². The molecule has 0 radical (unpaired) electrons. The van der Waals surface area contributed by atoms with Crippen molar-refractivity contribution in [3.63, 3.8) is 0 Å². The highest BCUT2D eigenvalue weighted by molar-refractivity contribution is 5.06. The molecule has 4 fully saturated rings. The topological polar surface area (TPSA) is 29.9 Å². The van der Waals surface area contributed by atoms with Crippen LogP contribution in [0, 0.1) is 23.2 Å². The summed E-state index contributed by atoms with van der Waals surface area (Å²) in [4.78, 5) is 4.63. The van der Waals surface area contributed by atoms with Gasteiger partial charge in [0.05, 0.1) is 6.04 Å². The Bertz CT molecular complexity index is 469. The minimum Gasteiger partial charge on any atom is -0.337 e. The molecule has 0 saturated heterocycles. The average molecular weight is 287 g/mol. The molecule has 1 aromatic rings. The fourth-order valence-electron chi connectivity index (χ4n) is 6.19. The van der Waals surface area contributed by atoms with Gasteiger partial charge in [-0.1, -0.05) is 6.92 Å². The lowest BCUT2D eigenvalue weighted by atomic mass is 9.48. The molecular weight excluding hydrogens is 258 g/mol. The largest absolute Gasteiger partial charge is 0.337 e. The number of nitrogens with one attached hydrogen (secondary N) is 1. The molecular formula is C18H29N3. The third-order valence-corrected chi connectivity index (χ3v) is 6.42. The van der Waals surface area contributed by atoms with Gasteiger partial charge < -0.3 is 9.88 Å². The van der Waals surface area contributed by atoms with Crippen LogP contribution in [0.5, 0.6) is 0 Å². The lowest BCUT2D eigenvalue weighted by Gasteiger charge is -2.57. The van der Waals surface area contributed by atoms with E-state index in [-0.39, 0.29) is 0 Å². The predicted molar refractivity (Wildman–Crippen MR) is 84.8 cm³/mol. The lowest BCUT2D eigenvalue weighted by Crippen LogP contribution is -2.47. The smallest absolute Gasteiger partial charge is 0.125 e. The first kappa shape index (κ1) is 13.8. The lowest BCUT2D eigenvalue weighted by molar-refractivity contribution is -0.0627. The molecule has 0 spiro atoms. The van der Waals surface area contributed by atoms with E-state index in [1.807, 2.05) is 6.20 Å². The van der Waals surface area contributed by atoms with Crippen LogP contribution in [0.15, 0.2) is 12.4 Å². The second kappa shape index (κ2) is 5.12. The molecule has 0 amide bonds. The molecule has 1 unspecified atom stereocenters. The Labute approximate surface area is 128 Å². The monoisotopic (exact) mass is 287 g/mol. The minimum atomic E-state index is 0.436. The van der Waals surface area contributed by atoms with Crippen LogP contribution in [-0.2, 0) is 7.05 Å². The zero-order valence-electron chi connectivity index (χ0n) is 13.5. The molecule has 4 bridgehead atoms. The van der Waals surface area contributed by atoms with Gasteiger partial charge in [-0.05, 0) is 74.7 Å². The van der Waals surface area contributed by atoms with Gasteiger partial charge in [-0.2, -0.15) is 0 Å². The maximum absolute atomic E-state index is 4.63. The summed E-state index contributed by atoms with van der Waals surface area (Å²) in [7, 11) is 2.13. The van der Waals surface area contributed by atoms with Crippen LogP contribution in [0.2, 0.25) is 0 Å². The molecule has 21 heavy (non-hydrogen) atoms. The zero-order chi connectivity index (χ0) is 14.4. The molecule has 4 saturated carbocycles. The number of hydrogen-bond acceptors (Lipinski definition) is 2. The molecule has 3 nitrogen and oxygen atoms in total. The molecule has 1 N–H and O–H groups in total. The molecule has 1 atom stereocenters. The van der Waals surface area contributed by atoms with Crippen LogP contribution in [0.3, 0.4) is 0 Å². The summed E-state index contributed by atoms with van der Waals surface area (Å²) in [6.07, 6.45) is 14.4. The fourth-order valence-corrected chi connectivity index (χ4v) is 6.19. The van der Waals surface area contributed by atoms with E-state index in [1.165, 1.54) is 50.8 Å². The number of hydrogen-bond donors (Lipinski definition) is 1. The van der Waals surface area contributed by atoms with Gasteiger partial charge in [-0.3, -0.25) is 0 Å². The van der Waals surface area contributed by atoms with Crippen LogP contribution < -0.4 is 5.32 Å². The van der Waals surface area contributed by atoms with Gasteiger partial charge in [0.1, 0.15) is 5.82 Å². The Morgan fingerprint density at radius 1 is 1.24 bits per heavy atom. The summed E-state index contributed by atoms with van der Waals surface area (Å²) in [5, 5.41) is 3.72. The molecule has 1 aromatic heterocycles. The Kier molecular flexibility index (Phi) is 3.36. The van der Waals surface area contributed by atoms with E-state index in [1.54, 1.807) is 0 Å². The maximum Gasteiger partial charge on any atom is 0.125 e. The molecule has 4 aliphatic rings. The SMILES string of the molecule is CCNC(CC12CC3CC(CC(C3)C1)C2)c1nccn1C. The van der Waals surface area contributed by atoms with Crippen molar-refractivity contribution in [1.82, 2.24) is 14.9 Å². The van der Waals surface area contributed by atoms with Crippen LogP contribution in [0.1, 0.15) is 63.7 Å². The first-order valence-corrected chi connectivity index (χ1v) is 8.88. The van der Waals surface area contributed by atoms with E-state index in [0.29, 0.717) is 11.5 Å². The number of rotatable bonds is 5. The third kappa shape index (κ3) is 2.44. The van der Waals surface area contributed by atoms with E-state index < -0.39 is 0 Å². The first-order chi connectivity index (χ1) is 10.2. The van der Waals surface area contributed by atoms with Crippen molar-refractivity contribution >= 4 is 0 Å². The van der Waals surface area contributed by atoms with Crippen molar-refractivity contribution in [1.29, 1.82) is 0 Å². The Morgan fingerprint density at radius 3 is 2.33 bits per heavy atom. The summed E-state index contributed by atoms with van der Waals surface area (Å²) >= 11 is 0. The molecule has 4 aliphatic carbocycles. The molecule has 0 aromatic carbocycles. The number of aryl methyl sites for hydroxylation is 1. The Hall–Kier alpha value is -0.830. The van der Waals surface area contributed by atoms with Gasteiger partial charge in [0.15, 0.2) is 0 Å². The standard InChI is InChI=1S/C18H29N3/c1-3-19-16(17-20-4-5-21(17)2)12-18-9-13-6-14(10-18)8-15(7-13)11-18/h4-5,13-16,19H,3,6-12H2,1-2H3. The predicted octanol–water partition coefficient (Wildman–Crippen LogP) is 3.68. The van der Waals surface area contributed by atoms with E-state index in [9.17, 15) is 0 Å². The maximum atomic E-state index is 4.63. The molecule has 116 valence electrons. The van der Waals surface area contributed by atoms with Crippen molar-refractivity contribution in [3.8, 4) is 0 Å². The zero-order valence-corrected chi connectivity index (χ0v) is 13.5. The van der Waals surface area contributed by atoms with Gasteiger partial charge in [-0.15, -0.1) is 0 Å². The van der Waals surface area contributed by atoms with Gasteiger partial charge in [0, 0.05) is 19.4 Å². The fraction of sp³-hybridized carbons (Fsp3) is 0.833. The van der Waals surface area contributed by atoms with Gasteiger partial charge in [-0.25, -0.2) is 4.98 Å². The van der Waals surface area contributed by atoms with Gasteiger partial charge in [0.25, 0.3) is 0 Å². The second-order valence-corrected chi connectivity index (χ2v) is 8.13.